The van der Waals surface area contributed by atoms with E-state index in [2.05, 4.69) is 20.7 Å². The highest BCUT2D eigenvalue weighted by Crippen LogP contribution is 2.28. The van der Waals surface area contributed by atoms with Crippen molar-refractivity contribution in [2.75, 3.05) is 13.2 Å². The predicted molar refractivity (Wildman–Crippen MR) is 114 cm³/mol. The standard InChI is InChI=1S/C22H34F3N3O6/c1-13(2)10-16(28-20(32)21(33)7-4-3-5-8-21)19(31)27-15(11-14-6-9-26-18(14)30)17(29)12-34-22(23,24)25/h13-16,33H,3-12H2,1-2H3,(H,26,30)(H,27,31)(H,28,32)/t14-,15-,16-/m0/s1. The molecular weight excluding hydrogens is 459 g/mol. The van der Waals surface area contributed by atoms with E-state index in [4.69, 9.17) is 0 Å². The number of hydrogen-bond donors (Lipinski definition) is 4. The zero-order valence-corrected chi connectivity index (χ0v) is 19.5. The molecule has 4 N–H and O–H groups in total. The Kier molecular flexibility index (Phi) is 9.86. The number of halogens is 3. The number of nitrogens with one attached hydrogen (secondary N) is 3. The summed E-state index contributed by atoms with van der Waals surface area (Å²) in [5, 5.41) is 18.2. The molecule has 1 saturated carbocycles. The van der Waals surface area contributed by atoms with Gasteiger partial charge in [-0.15, -0.1) is 13.2 Å². The highest BCUT2D eigenvalue weighted by Gasteiger charge is 2.40. The van der Waals surface area contributed by atoms with Crippen LogP contribution in [-0.4, -0.2) is 65.8 Å². The molecule has 2 fully saturated rings. The quantitative estimate of drug-likeness (QED) is 0.343. The minimum Gasteiger partial charge on any atom is -0.380 e. The number of ketones is 1. The maximum atomic E-state index is 13.0. The van der Waals surface area contributed by atoms with Gasteiger partial charge in [0.05, 0.1) is 6.04 Å². The summed E-state index contributed by atoms with van der Waals surface area (Å²) >= 11 is 0. The van der Waals surface area contributed by atoms with E-state index in [9.17, 15) is 37.5 Å². The average Bonchev–Trinajstić information content (AvgIpc) is 3.15. The van der Waals surface area contributed by atoms with Crippen molar-refractivity contribution in [3.8, 4) is 0 Å². The highest BCUT2D eigenvalue weighted by atomic mass is 19.4. The molecule has 0 bridgehead atoms. The maximum absolute atomic E-state index is 13.0. The van der Waals surface area contributed by atoms with E-state index in [1.807, 2.05) is 13.8 Å². The number of carbonyl (C=O) groups excluding carboxylic acids is 4. The molecule has 1 heterocycles. The van der Waals surface area contributed by atoms with Crippen LogP contribution < -0.4 is 16.0 Å². The van der Waals surface area contributed by atoms with Gasteiger partial charge < -0.3 is 21.1 Å². The zero-order valence-electron chi connectivity index (χ0n) is 19.5. The van der Waals surface area contributed by atoms with E-state index in [0.29, 0.717) is 25.8 Å². The Morgan fingerprint density at radius 2 is 1.79 bits per heavy atom. The first-order valence-electron chi connectivity index (χ1n) is 11.7. The molecular formula is C22H34F3N3O6. The third-order valence-corrected chi connectivity index (χ3v) is 6.20. The van der Waals surface area contributed by atoms with Crippen molar-refractivity contribution in [1.29, 1.82) is 0 Å². The van der Waals surface area contributed by atoms with Crippen molar-refractivity contribution >= 4 is 23.5 Å². The summed E-state index contributed by atoms with van der Waals surface area (Å²) < 4.78 is 40.9. The number of hydrogen-bond acceptors (Lipinski definition) is 6. The molecule has 1 saturated heterocycles. The third-order valence-electron chi connectivity index (χ3n) is 6.20. The first kappa shape index (κ1) is 28.0. The van der Waals surface area contributed by atoms with Crippen LogP contribution >= 0.6 is 0 Å². The summed E-state index contributed by atoms with van der Waals surface area (Å²) in [4.78, 5) is 50.2. The highest BCUT2D eigenvalue weighted by molar-refractivity contribution is 5.95. The molecule has 0 spiro atoms. The van der Waals surface area contributed by atoms with Gasteiger partial charge in [0.1, 0.15) is 18.2 Å². The predicted octanol–water partition coefficient (Wildman–Crippen LogP) is 1.33. The normalized spacial score (nSPS) is 22.1. The summed E-state index contributed by atoms with van der Waals surface area (Å²) in [7, 11) is 0. The molecule has 3 amide bonds. The first-order chi connectivity index (χ1) is 15.8. The Morgan fingerprint density at radius 1 is 1.15 bits per heavy atom. The van der Waals surface area contributed by atoms with Crippen molar-refractivity contribution in [3.63, 3.8) is 0 Å². The zero-order chi connectivity index (χ0) is 25.5. The molecule has 3 atom stereocenters. The van der Waals surface area contributed by atoms with Crippen LogP contribution in [0.25, 0.3) is 0 Å². The van der Waals surface area contributed by atoms with Crippen LogP contribution in [0.1, 0.15) is 65.2 Å². The van der Waals surface area contributed by atoms with E-state index < -0.39 is 54.2 Å². The maximum Gasteiger partial charge on any atom is 0.522 e. The average molecular weight is 494 g/mol. The summed E-state index contributed by atoms with van der Waals surface area (Å²) in [6.07, 6.45) is -1.90. The number of Topliss-reactive ketones (excluding diaryl/α,β-unsaturated/α-hetero) is 1. The lowest BCUT2D eigenvalue weighted by molar-refractivity contribution is -0.321. The molecule has 12 heteroatoms. The molecule has 0 aromatic heterocycles. The van der Waals surface area contributed by atoms with Crippen LogP contribution in [0.15, 0.2) is 0 Å². The second-order valence-corrected chi connectivity index (χ2v) is 9.52. The van der Waals surface area contributed by atoms with Gasteiger partial charge in [-0.25, -0.2) is 0 Å². The minimum atomic E-state index is -5.03. The molecule has 2 rings (SSSR count). The van der Waals surface area contributed by atoms with Crippen LogP contribution in [0, 0.1) is 11.8 Å². The van der Waals surface area contributed by atoms with E-state index in [1.165, 1.54) is 0 Å². The number of aliphatic hydroxyl groups is 1. The van der Waals surface area contributed by atoms with E-state index in [-0.39, 0.29) is 37.5 Å². The second kappa shape index (κ2) is 12.0. The van der Waals surface area contributed by atoms with Gasteiger partial charge in [-0.1, -0.05) is 33.1 Å². The molecule has 1 aliphatic heterocycles. The molecule has 0 radical (unpaired) electrons. The van der Waals surface area contributed by atoms with Gasteiger partial charge in [0.2, 0.25) is 11.8 Å². The number of ether oxygens (including phenoxy) is 1. The second-order valence-electron chi connectivity index (χ2n) is 9.52. The van der Waals surface area contributed by atoms with E-state index >= 15 is 0 Å². The van der Waals surface area contributed by atoms with Gasteiger partial charge in [-0.05, 0) is 38.0 Å². The van der Waals surface area contributed by atoms with Crippen LogP contribution in [0.3, 0.4) is 0 Å². The molecule has 0 unspecified atom stereocenters. The van der Waals surface area contributed by atoms with Gasteiger partial charge in [-0.2, -0.15) is 0 Å². The van der Waals surface area contributed by atoms with Gasteiger partial charge in [0.25, 0.3) is 5.91 Å². The summed E-state index contributed by atoms with van der Waals surface area (Å²) in [5.74, 6) is -3.56. The Labute approximate surface area is 196 Å². The fraction of sp³-hybridized carbons (Fsp3) is 0.818. The van der Waals surface area contributed by atoms with Crippen LogP contribution in [-0.2, 0) is 23.9 Å². The lowest BCUT2D eigenvalue weighted by atomic mass is 9.84. The van der Waals surface area contributed by atoms with Crippen molar-refractivity contribution in [2.45, 2.75) is 89.3 Å². The van der Waals surface area contributed by atoms with E-state index in [0.717, 1.165) is 6.42 Å². The smallest absolute Gasteiger partial charge is 0.380 e. The van der Waals surface area contributed by atoms with Crippen LogP contribution in [0.5, 0.6) is 0 Å². The van der Waals surface area contributed by atoms with Crippen molar-refractivity contribution < 1.29 is 42.2 Å². The number of alkyl halides is 3. The Morgan fingerprint density at radius 3 is 2.32 bits per heavy atom. The summed E-state index contributed by atoms with van der Waals surface area (Å²) in [5.41, 5.74) is -1.59. The van der Waals surface area contributed by atoms with Gasteiger partial charge >= 0.3 is 6.36 Å². The monoisotopic (exact) mass is 493 g/mol. The van der Waals surface area contributed by atoms with Crippen molar-refractivity contribution in [2.24, 2.45) is 11.8 Å². The fourth-order valence-electron chi connectivity index (χ4n) is 4.31. The molecule has 194 valence electrons. The van der Waals surface area contributed by atoms with Crippen molar-refractivity contribution in [1.82, 2.24) is 16.0 Å². The number of rotatable bonds is 11. The Balaban J connectivity index is 2.13. The molecule has 1 aliphatic carbocycles. The van der Waals surface area contributed by atoms with E-state index in [1.54, 1.807) is 0 Å². The number of amides is 3. The van der Waals surface area contributed by atoms with Crippen molar-refractivity contribution in [3.05, 3.63) is 0 Å². The van der Waals surface area contributed by atoms with Gasteiger partial charge in [-0.3, -0.25) is 23.9 Å². The van der Waals surface area contributed by atoms with Crippen LogP contribution in [0.4, 0.5) is 13.2 Å². The third kappa shape index (κ3) is 8.53. The first-order valence-corrected chi connectivity index (χ1v) is 11.7. The molecule has 0 aromatic carbocycles. The Hall–Kier alpha value is -2.21. The fourth-order valence-corrected chi connectivity index (χ4v) is 4.31. The molecule has 0 aromatic rings. The summed E-state index contributed by atoms with van der Waals surface area (Å²) in [6.45, 7) is 2.67. The minimum absolute atomic E-state index is 0.0552. The topological polar surface area (TPSA) is 134 Å². The van der Waals surface area contributed by atoms with Crippen LogP contribution in [0.2, 0.25) is 0 Å². The molecule has 9 nitrogen and oxygen atoms in total. The number of carbonyl (C=O) groups is 4. The SMILES string of the molecule is CC(C)C[C@H](NC(=O)C1(O)CCCCC1)C(=O)N[C@@H](C[C@@H]1CCNC1=O)C(=O)COC(F)(F)F. The lowest BCUT2D eigenvalue weighted by Gasteiger charge is -2.33. The summed E-state index contributed by atoms with van der Waals surface area (Å²) in [6, 6.07) is -2.53. The van der Waals surface area contributed by atoms with Gasteiger partial charge in [0.15, 0.2) is 5.78 Å². The largest absolute Gasteiger partial charge is 0.522 e. The lowest BCUT2D eigenvalue weighted by Crippen LogP contribution is -2.57. The molecule has 34 heavy (non-hydrogen) atoms. The van der Waals surface area contributed by atoms with Gasteiger partial charge in [0, 0.05) is 12.5 Å². The Bertz CT molecular complexity index is 753. The molecule has 2 aliphatic rings.